The molecule has 0 aliphatic carbocycles. The molecule has 1 aromatic carbocycles. The number of sulfone groups is 1. The van der Waals surface area contributed by atoms with Gasteiger partial charge in [0.2, 0.25) is 0 Å². The molecule has 8 nitrogen and oxygen atoms in total. The minimum atomic E-state index is -3.05. The van der Waals surface area contributed by atoms with Gasteiger partial charge in [0, 0.05) is 11.7 Å². The summed E-state index contributed by atoms with van der Waals surface area (Å²) in [5.74, 6) is 0.607. The van der Waals surface area contributed by atoms with Crippen LogP contribution in [0.3, 0.4) is 0 Å². The number of carbonyl (C=O) groups is 1. The van der Waals surface area contributed by atoms with Crippen LogP contribution in [0.25, 0.3) is 0 Å². The van der Waals surface area contributed by atoms with Crippen molar-refractivity contribution in [2.75, 3.05) is 23.9 Å². The molecule has 2 aromatic rings. The minimum Gasteiger partial charge on any atom is -0.495 e. The predicted molar refractivity (Wildman–Crippen MR) is 97.8 cm³/mol. The number of anilines is 2. The van der Waals surface area contributed by atoms with Crippen LogP contribution in [0.1, 0.15) is 16.9 Å². The van der Waals surface area contributed by atoms with Gasteiger partial charge in [-0.15, -0.1) is 10.2 Å². The van der Waals surface area contributed by atoms with E-state index >= 15 is 0 Å². The number of hydrogen-bond donors (Lipinski definition) is 2. The molecule has 1 amide bonds. The van der Waals surface area contributed by atoms with Crippen molar-refractivity contribution in [3.8, 4) is 5.75 Å². The van der Waals surface area contributed by atoms with E-state index in [9.17, 15) is 13.2 Å². The van der Waals surface area contributed by atoms with Gasteiger partial charge in [-0.2, -0.15) is 0 Å². The fraction of sp³-hybridized carbons (Fsp3) is 0.312. The summed E-state index contributed by atoms with van der Waals surface area (Å²) in [4.78, 5) is 12.1. The number of ether oxygens (including phenoxy) is 1. The van der Waals surface area contributed by atoms with Crippen LogP contribution in [0.15, 0.2) is 30.3 Å². The number of nitrogens with one attached hydrogen (secondary N) is 2. The van der Waals surface area contributed by atoms with Crippen LogP contribution >= 0.6 is 11.6 Å². The van der Waals surface area contributed by atoms with Crippen molar-refractivity contribution >= 4 is 38.9 Å². The zero-order chi connectivity index (χ0) is 18.7. The lowest BCUT2D eigenvalue weighted by molar-refractivity contribution is 0.0935. The van der Waals surface area contributed by atoms with Crippen LogP contribution in [0.4, 0.5) is 11.5 Å². The Bertz CT molecular complexity index is 918. The molecule has 10 heteroatoms. The van der Waals surface area contributed by atoms with Gasteiger partial charge < -0.3 is 15.4 Å². The van der Waals surface area contributed by atoms with Gasteiger partial charge >= 0.3 is 0 Å². The second-order valence-electron chi connectivity index (χ2n) is 5.85. The van der Waals surface area contributed by atoms with Gasteiger partial charge in [0.05, 0.1) is 23.6 Å². The summed E-state index contributed by atoms with van der Waals surface area (Å²) < 4.78 is 28.0. The number of carbonyl (C=O) groups excluding carboxylic acids is 1. The number of methoxy groups -OCH3 is 1. The molecule has 0 spiro atoms. The van der Waals surface area contributed by atoms with E-state index in [0.717, 1.165) is 0 Å². The molecule has 1 unspecified atom stereocenters. The molecule has 3 rings (SSSR count). The lowest BCUT2D eigenvalue weighted by Gasteiger charge is -2.10. The summed E-state index contributed by atoms with van der Waals surface area (Å²) in [5, 5.41) is 14.0. The molecule has 1 aromatic heterocycles. The molecule has 1 saturated heterocycles. The summed E-state index contributed by atoms with van der Waals surface area (Å²) in [6.45, 7) is 0. The van der Waals surface area contributed by atoms with E-state index in [0.29, 0.717) is 28.7 Å². The molecular formula is C16H17ClN4O4S. The number of amides is 1. The molecule has 1 aliphatic heterocycles. The largest absolute Gasteiger partial charge is 0.495 e. The fourth-order valence-corrected chi connectivity index (χ4v) is 4.51. The topological polar surface area (TPSA) is 110 Å². The standard InChI is InChI=1S/C16H17ClN4O4S/c1-25-14-4-2-10(8-12(14)17)18-15-5-3-13(20-21-15)16(22)19-11-6-7-26(23,24)9-11/h2-5,8,11H,6-7,9H2,1H3,(H,18,21)(H,19,22). The maximum atomic E-state index is 12.1. The Labute approximate surface area is 155 Å². The Kier molecular flexibility index (Phi) is 5.28. The van der Waals surface area contributed by atoms with Crippen molar-refractivity contribution in [2.24, 2.45) is 0 Å². The summed E-state index contributed by atoms with van der Waals surface area (Å²) in [5.41, 5.74) is 0.811. The average molecular weight is 397 g/mol. The Morgan fingerprint density at radius 3 is 2.65 bits per heavy atom. The number of benzene rings is 1. The normalized spacial score (nSPS) is 18.3. The van der Waals surface area contributed by atoms with Crippen molar-refractivity contribution in [1.82, 2.24) is 15.5 Å². The Morgan fingerprint density at radius 1 is 1.27 bits per heavy atom. The molecule has 0 radical (unpaired) electrons. The van der Waals surface area contributed by atoms with E-state index in [1.165, 1.54) is 13.2 Å². The first-order chi connectivity index (χ1) is 12.4. The Balaban J connectivity index is 1.63. The zero-order valence-electron chi connectivity index (χ0n) is 13.9. The van der Waals surface area contributed by atoms with Crippen LogP contribution in [0.2, 0.25) is 5.02 Å². The molecule has 0 bridgehead atoms. The number of nitrogens with zero attached hydrogens (tertiary/aromatic N) is 2. The lowest BCUT2D eigenvalue weighted by atomic mass is 10.2. The third-order valence-corrected chi connectivity index (χ3v) is 5.95. The summed E-state index contributed by atoms with van der Waals surface area (Å²) >= 11 is 6.07. The van der Waals surface area contributed by atoms with E-state index < -0.39 is 15.7 Å². The minimum absolute atomic E-state index is 0.0377. The molecule has 1 aliphatic rings. The third kappa shape index (κ3) is 4.41. The Morgan fingerprint density at radius 2 is 2.08 bits per heavy atom. The molecule has 1 atom stereocenters. The van der Waals surface area contributed by atoms with Gasteiger partial charge in [-0.25, -0.2) is 8.42 Å². The highest BCUT2D eigenvalue weighted by Gasteiger charge is 2.29. The maximum Gasteiger partial charge on any atom is 0.272 e. The smallest absolute Gasteiger partial charge is 0.272 e. The van der Waals surface area contributed by atoms with Crippen LogP contribution in [-0.2, 0) is 9.84 Å². The molecule has 1 fully saturated rings. The summed E-state index contributed by atoms with van der Waals surface area (Å²) in [6, 6.07) is 7.91. The van der Waals surface area contributed by atoms with E-state index in [1.54, 1.807) is 24.3 Å². The first-order valence-corrected chi connectivity index (χ1v) is 10.0. The van der Waals surface area contributed by atoms with E-state index in [1.807, 2.05) is 0 Å². The second-order valence-corrected chi connectivity index (χ2v) is 8.49. The number of aromatic nitrogens is 2. The third-order valence-electron chi connectivity index (χ3n) is 3.89. The molecule has 26 heavy (non-hydrogen) atoms. The molecule has 2 heterocycles. The van der Waals surface area contributed by atoms with Gasteiger partial charge in [0.15, 0.2) is 21.3 Å². The zero-order valence-corrected chi connectivity index (χ0v) is 15.5. The molecule has 2 N–H and O–H groups in total. The van der Waals surface area contributed by atoms with Crippen molar-refractivity contribution in [1.29, 1.82) is 0 Å². The highest BCUT2D eigenvalue weighted by molar-refractivity contribution is 7.91. The Hall–Kier alpha value is -2.39. The van der Waals surface area contributed by atoms with Gasteiger partial charge in [0.25, 0.3) is 5.91 Å². The van der Waals surface area contributed by atoms with E-state index in [-0.39, 0.29) is 23.2 Å². The first-order valence-electron chi connectivity index (χ1n) is 7.82. The highest BCUT2D eigenvalue weighted by Crippen LogP contribution is 2.28. The van der Waals surface area contributed by atoms with Crippen LogP contribution in [-0.4, -0.2) is 49.2 Å². The second kappa shape index (κ2) is 7.46. The van der Waals surface area contributed by atoms with Crippen LogP contribution < -0.4 is 15.4 Å². The molecule has 0 saturated carbocycles. The van der Waals surface area contributed by atoms with Crippen LogP contribution in [0.5, 0.6) is 5.75 Å². The van der Waals surface area contributed by atoms with Crippen molar-refractivity contribution in [3.05, 3.63) is 41.0 Å². The summed E-state index contributed by atoms with van der Waals surface area (Å²) in [7, 11) is -1.52. The number of rotatable bonds is 5. The quantitative estimate of drug-likeness (QED) is 0.792. The SMILES string of the molecule is COc1ccc(Nc2ccc(C(=O)NC3CCS(=O)(=O)C3)nn2)cc1Cl. The molecular weight excluding hydrogens is 380 g/mol. The highest BCUT2D eigenvalue weighted by atomic mass is 35.5. The van der Waals surface area contributed by atoms with Crippen molar-refractivity contribution in [3.63, 3.8) is 0 Å². The van der Waals surface area contributed by atoms with Gasteiger partial charge in [-0.3, -0.25) is 4.79 Å². The number of hydrogen-bond acceptors (Lipinski definition) is 7. The average Bonchev–Trinajstić information content (AvgIpc) is 2.94. The fourth-order valence-electron chi connectivity index (χ4n) is 2.58. The van der Waals surface area contributed by atoms with Crippen molar-refractivity contribution < 1.29 is 17.9 Å². The maximum absolute atomic E-state index is 12.1. The van der Waals surface area contributed by atoms with Crippen LogP contribution in [0, 0.1) is 0 Å². The van der Waals surface area contributed by atoms with E-state index in [4.69, 9.17) is 16.3 Å². The van der Waals surface area contributed by atoms with Crippen molar-refractivity contribution in [2.45, 2.75) is 12.5 Å². The lowest BCUT2D eigenvalue weighted by Crippen LogP contribution is -2.36. The monoisotopic (exact) mass is 396 g/mol. The molecule has 138 valence electrons. The number of halogens is 1. The predicted octanol–water partition coefficient (Wildman–Crippen LogP) is 1.80. The van der Waals surface area contributed by atoms with Gasteiger partial charge in [-0.05, 0) is 36.8 Å². The van der Waals surface area contributed by atoms with E-state index in [2.05, 4.69) is 20.8 Å². The first kappa shape index (κ1) is 18.4. The summed E-state index contributed by atoms with van der Waals surface area (Å²) in [6.07, 6.45) is 0.416. The van der Waals surface area contributed by atoms with Gasteiger partial charge in [-0.1, -0.05) is 11.6 Å². The van der Waals surface area contributed by atoms with Gasteiger partial charge in [0.1, 0.15) is 5.75 Å².